The number of amides is 1. The van der Waals surface area contributed by atoms with Gasteiger partial charge in [0.2, 0.25) is 0 Å². The number of nitrogens with zero attached hydrogens (tertiary/aromatic N) is 2. The number of aromatic nitrogens is 2. The van der Waals surface area contributed by atoms with Crippen LogP contribution < -0.4 is 5.32 Å². The summed E-state index contributed by atoms with van der Waals surface area (Å²) in [6.45, 7) is 0.123. The molecule has 0 aliphatic carbocycles. The average molecular weight is 326 g/mol. The van der Waals surface area contributed by atoms with Crippen LogP contribution in [0.1, 0.15) is 5.56 Å². The second-order valence-corrected chi connectivity index (χ2v) is 4.38. The van der Waals surface area contributed by atoms with Gasteiger partial charge in [0.1, 0.15) is 6.61 Å². The van der Waals surface area contributed by atoms with Gasteiger partial charge >= 0.3 is 12.2 Å². The topological polar surface area (TPSA) is 64.1 Å². The highest BCUT2D eigenvalue weighted by atomic mass is 79.9. The molecule has 0 aliphatic heterocycles. The summed E-state index contributed by atoms with van der Waals surface area (Å²) < 4.78 is 18.2. The largest absolute Gasteiger partial charge is 0.444 e. The van der Waals surface area contributed by atoms with Crippen molar-refractivity contribution in [3.05, 3.63) is 52.6 Å². The Morgan fingerprint density at radius 3 is 2.84 bits per heavy atom. The molecule has 0 spiro atoms. The Balaban J connectivity index is 1.93. The monoisotopic (exact) mass is 325 g/mol. The Hall–Kier alpha value is -2.02. The molecule has 1 N–H and O–H groups in total. The van der Waals surface area contributed by atoms with E-state index in [1.807, 2.05) is 30.3 Å². The third kappa shape index (κ3) is 3.99. The molecule has 0 fully saturated rings. The van der Waals surface area contributed by atoms with E-state index in [-0.39, 0.29) is 12.4 Å². The lowest BCUT2D eigenvalue weighted by atomic mass is 10.2. The molecule has 0 radical (unpaired) electrons. The van der Waals surface area contributed by atoms with Gasteiger partial charge in [0.15, 0.2) is 5.82 Å². The number of rotatable bonds is 3. The molecule has 1 aromatic carbocycles. The van der Waals surface area contributed by atoms with Crippen molar-refractivity contribution in [1.82, 2.24) is 9.97 Å². The van der Waals surface area contributed by atoms with Crippen molar-refractivity contribution >= 4 is 27.8 Å². The lowest BCUT2D eigenvalue weighted by Crippen LogP contribution is -2.15. The number of ether oxygens (including phenoxy) is 1. The van der Waals surface area contributed by atoms with Crippen LogP contribution in [0.15, 0.2) is 41.0 Å². The van der Waals surface area contributed by atoms with Crippen molar-refractivity contribution in [3.8, 4) is 0 Å². The number of halogens is 2. The molecule has 1 amide bonds. The Bertz CT molecular complexity index is 580. The van der Waals surface area contributed by atoms with Gasteiger partial charge in [0, 0.05) is 6.20 Å². The van der Waals surface area contributed by atoms with E-state index in [4.69, 9.17) is 4.74 Å². The minimum atomic E-state index is -0.929. The molecular formula is C12H9BrFN3O2. The summed E-state index contributed by atoms with van der Waals surface area (Å²) >= 11 is 3.09. The third-order valence-electron chi connectivity index (χ3n) is 2.15. The Morgan fingerprint density at radius 1 is 1.37 bits per heavy atom. The van der Waals surface area contributed by atoms with Gasteiger partial charge in [-0.3, -0.25) is 5.32 Å². The Morgan fingerprint density at radius 2 is 2.11 bits per heavy atom. The van der Waals surface area contributed by atoms with Crippen molar-refractivity contribution in [2.24, 2.45) is 0 Å². The summed E-state index contributed by atoms with van der Waals surface area (Å²) in [6.07, 6.45) is -0.445. The molecule has 0 saturated heterocycles. The minimum Gasteiger partial charge on any atom is -0.444 e. The second kappa shape index (κ2) is 6.24. The zero-order valence-electron chi connectivity index (χ0n) is 9.64. The first kappa shape index (κ1) is 13.4. The van der Waals surface area contributed by atoms with E-state index in [0.717, 1.165) is 5.56 Å². The lowest BCUT2D eigenvalue weighted by molar-refractivity contribution is 0.155. The zero-order valence-corrected chi connectivity index (χ0v) is 11.2. The molecule has 7 heteroatoms. The molecule has 0 atom stereocenters. The molecule has 2 aromatic rings. The zero-order chi connectivity index (χ0) is 13.7. The van der Waals surface area contributed by atoms with Crippen molar-refractivity contribution in [2.45, 2.75) is 6.61 Å². The number of hydrogen-bond donors (Lipinski definition) is 1. The SMILES string of the molecule is O=C(Nc1nc(F)ncc1Br)OCc1ccccc1. The van der Waals surface area contributed by atoms with E-state index in [1.165, 1.54) is 6.20 Å². The molecule has 0 unspecified atom stereocenters. The fraction of sp³-hybridized carbons (Fsp3) is 0.0833. The highest BCUT2D eigenvalue weighted by molar-refractivity contribution is 9.10. The summed E-state index contributed by atoms with van der Waals surface area (Å²) in [7, 11) is 0. The Labute approximate surface area is 117 Å². The number of anilines is 1. The van der Waals surface area contributed by atoms with Gasteiger partial charge in [-0.2, -0.15) is 9.37 Å². The first-order chi connectivity index (χ1) is 9.15. The van der Waals surface area contributed by atoms with E-state index in [9.17, 15) is 9.18 Å². The number of hydrogen-bond acceptors (Lipinski definition) is 4. The maximum absolute atomic E-state index is 12.8. The molecule has 19 heavy (non-hydrogen) atoms. The maximum Gasteiger partial charge on any atom is 0.413 e. The molecule has 1 heterocycles. The first-order valence-electron chi connectivity index (χ1n) is 5.31. The fourth-order valence-corrected chi connectivity index (χ4v) is 1.58. The highest BCUT2D eigenvalue weighted by Gasteiger charge is 2.09. The van der Waals surface area contributed by atoms with Crippen molar-refractivity contribution in [3.63, 3.8) is 0 Å². The summed E-state index contributed by atoms with van der Waals surface area (Å²) in [5.74, 6) is 0.0190. The van der Waals surface area contributed by atoms with E-state index in [2.05, 4.69) is 31.2 Å². The smallest absolute Gasteiger partial charge is 0.413 e. The number of carbonyl (C=O) groups is 1. The summed E-state index contributed by atoms with van der Waals surface area (Å²) in [5, 5.41) is 2.32. The van der Waals surface area contributed by atoms with Gasteiger partial charge in [0.05, 0.1) is 4.47 Å². The van der Waals surface area contributed by atoms with Crippen LogP contribution in [0.2, 0.25) is 0 Å². The predicted octanol–water partition coefficient (Wildman–Crippen LogP) is 3.13. The van der Waals surface area contributed by atoms with Crippen LogP contribution in [0.25, 0.3) is 0 Å². The summed E-state index contributed by atoms with van der Waals surface area (Å²) in [4.78, 5) is 18.3. The molecule has 5 nitrogen and oxygen atoms in total. The third-order valence-corrected chi connectivity index (χ3v) is 2.73. The van der Waals surface area contributed by atoms with Gasteiger partial charge in [-0.1, -0.05) is 30.3 Å². The van der Waals surface area contributed by atoms with Gasteiger partial charge in [-0.25, -0.2) is 9.78 Å². The maximum atomic E-state index is 12.8. The standard InChI is InChI=1S/C12H9BrFN3O2/c13-9-6-15-11(14)16-10(9)17-12(18)19-7-8-4-2-1-3-5-8/h1-6H,7H2,(H,15,16,17,18). The van der Waals surface area contributed by atoms with Crippen LogP contribution in [0, 0.1) is 6.08 Å². The first-order valence-corrected chi connectivity index (χ1v) is 6.10. The van der Waals surface area contributed by atoms with Gasteiger partial charge in [0.25, 0.3) is 0 Å². The van der Waals surface area contributed by atoms with Crippen LogP contribution in [-0.2, 0) is 11.3 Å². The molecule has 98 valence electrons. The quantitative estimate of drug-likeness (QED) is 0.880. The summed E-state index contributed by atoms with van der Waals surface area (Å²) in [5.41, 5.74) is 0.852. The van der Waals surface area contributed by atoms with E-state index < -0.39 is 12.2 Å². The molecular weight excluding hydrogens is 317 g/mol. The normalized spacial score (nSPS) is 10.0. The number of benzene rings is 1. The lowest BCUT2D eigenvalue weighted by Gasteiger charge is -2.07. The molecule has 0 aliphatic rings. The number of carbonyl (C=O) groups excluding carboxylic acids is 1. The molecule has 2 rings (SSSR count). The van der Waals surface area contributed by atoms with Crippen LogP contribution in [0.4, 0.5) is 15.0 Å². The van der Waals surface area contributed by atoms with Crippen LogP contribution in [-0.4, -0.2) is 16.1 Å². The average Bonchev–Trinajstić information content (AvgIpc) is 2.42. The minimum absolute atomic E-state index is 0.0190. The van der Waals surface area contributed by atoms with Crippen molar-refractivity contribution in [2.75, 3.05) is 5.32 Å². The molecule has 1 aromatic heterocycles. The van der Waals surface area contributed by atoms with Gasteiger partial charge in [-0.05, 0) is 21.5 Å². The fourth-order valence-electron chi connectivity index (χ4n) is 1.29. The van der Waals surface area contributed by atoms with Gasteiger partial charge < -0.3 is 4.74 Å². The number of nitrogens with one attached hydrogen (secondary N) is 1. The van der Waals surface area contributed by atoms with Crippen molar-refractivity contribution < 1.29 is 13.9 Å². The molecule has 0 bridgehead atoms. The second-order valence-electron chi connectivity index (χ2n) is 3.52. The predicted molar refractivity (Wildman–Crippen MR) is 69.9 cm³/mol. The van der Waals surface area contributed by atoms with E-state index in [1.54, 1.807) is 0 Å². The molecule has 0 saturated carbocycles. The Kier molecular flexibility index (Phi) is 4.40. The van der Waals surface area contributed by atoms with Crippen LogP contribution in [0.3, 0.4) is 0 Å². The van der Waals surface area contributed by atoms with Crippen LogP contribution in [0.5, 0.6) is 0 Å². The van der Waals surface area contributed by atoms with E-state index >= 15 is 0 Å². The van der Waals surface area contributed by atoms with Gasteiger partial charge in [-0.15, -0.1) is 0 Å². The van der Waals surface area contributed by atoms with Crippen LogP contribution >= 0.6 is 15.9 Å². The van der Waals surface area contributed by atoms with Crippen molar-refractivity contribution in [1.29, 1.82) is 0 Å². The van der Waals surface area contributed by atoms with E-state index in [0.29, 0.717) is 4.47 Å². The highest BCUT2D eigenvalue weighted by Crippen LogP contribution is 2.18. The summed E-state index contributed by atoms with van der Waals surface area (Å²) in [6, 6.07) is 9.20.